The molecule has 1 amide bonds. The second kappa shape index (κ2) is 9.64. The lowest BCUT2D eigenvalue weighted by molar-refractivity contribution is -0.113. The zero-order chi connectivity index (χ0) is 21.7. The molecule has 6 nitrogen and oxygen atoms in total. The summed E-state index contributed by atoms with van der Waals surface area (Å²) in [5.74, 6) is 1.43. The monoisotopic (exact) mass is 439 g/mol. The molecule has 0 atom stereocenters. The van der Waals surface area contributed by atoms with Gasteiger partial charge in [-0.25, -0.2) is 4.99 Å². The molecule has 2 N–H and O–H groups in total. The highest BCUT2D eigenvalue weighted by atomic mass is 32.2. The van der Waals surface area contributed by atoms with Gasteiger partial charge in [-0.05, 0) is 43.9 Å². The van der Waals surface area contributed by atoms with Gasteiger partial charge in [0, 0.05) is 17.3 Å². The fourth-order valence-corrected chi connectivity index (χ4v) is 5.11. The highest BCUT2D eigenvalue weighted by Gasteiger charge is 2.35. The van der Waals surface area contributed by atoms with Gasteiger partial charge in [0.2, 0.25) is 5.91 Å². The Labute approximate surface area is 187 Å². The molecule has 1 saturated carbocycles. The quantitative estimate of drug-likeness (QED) is 0.662. The smallest absolute Gasteiger partial charge is 0.234 e. The summed E-state index contributed by atoms with van der Waals surface area (Å²) in [4.78, 5) is 17.9. The molecule has 7 heteroatoms. The van der Waals surface area contributed by atoms with Crippen molar-refractivity contribution < 1.29 is 14.3 Å². The molecule has 0 aromatic heterocycles. The SMILES string of the molecule is COc1ccc(NC(=O)CSC2=NC3(CCCCCC3)Nc3ccccc32)c(OC)c1. The van der Waals surface area contributed by atoms with Gasteiger partial charge in [-0.2, -0.15) is 0 Å². The maximum absolute atomic E-state index is 12.7. The van der Waals surface area contributed by atoms with Crippen LogP contribution in [0.4, 0.5) is 11.4 Å². The summed E-state index contributed by atoms with van der Waals surface area (Å²) in [5.41, 5.74) is 2.56. The maximum atomic E-state index is 12.7. The van der Waals surface area contributed by atoms with E-state index in [-0.39, 0.29) is 17.3 Å². The van der Waals surface area contributed by atoms with Crippen molar-refractivity contribution in [2.45, 2.75) is 44.2 Å². The van der Waals surface area contributed by atoms with Crippen molar-refractivity contribution in [3.05, 3.63) is 48.0 Å². The Morgan fingerprint density at radius 1 is 1.10 bits per heavy atom. The molecule has 1 fully saturated rings. The Hall–Kier alpha value is -2.67. The first-order chi connectivity index (χ1) is 15.1. The molecule has 164 valence electrons. The van der Waals surface area contributed by atoms with E-state index < -0.39 is 0 Å². The van der Waals surface area contributed by atoms with Crippen LogP contribution in [-0.4, -0.2) is 36.6 Å². The van der Waals surface area contributed by atoms with Crippen molar-refractivity contribution in [1.82, 2.24) is 0 Å². The van der Waals surface area contributed by atoms with Crippen LogP contribution in [0.2, 0.25) is 0 Å². The largest absolute Gasteiger partial charge is 0.497 e. The van der Waals surface area contributed by atoms with Crippen LogP contribution in [0.15, 0.2) is 47.5 Å². The standard InChI is InChI=1S/C24H29N3O3S/c1-29-17-11-12-20(21(15-17)30-2)25-22(28)16-31-23-18-9-5-6-10-19(18)26-24(27-23)13-7-3-4-8-14-24/h5-6,9-12,15,26H,3-4,7-8,13-14,16H2,1-2H3,(H,25,28). The third-order valence-corrected chi connectivity index (χ3v) is 6.79. The highest BCUT2D eigenvalue weighted by molar-refractivity contribution is 8.15. The number of methoxy groups -OCH3 is 2. The average molecular weight is 440 g/mol. The van der Waals surface area contributed by atoms with Crippen LogP contribution in [0.5, 0.6) is 11.5 Å². The molecule has 2 aromatic carbocycles. The van der Waals surface area contributed by atoms with Crippen LogP contribution in [0.25, 0.3) is 0 Å². The number of amides is 1. The van der Waals surface area contributed by atoms with Gasteiger partial charge >= 0.3 is 0 Å². The van der Waals surface area contributed by atoms with Crippen molar-refractivity contribution in [1.29, 1.82) is 0 Å². The Morgan fingerprint density at radius 3 is 2.61 bits per heavy atom. The number of carbonyl (C=O) groups excluding carboxylic acids is 1. The number of thioether (sulfide) groups is 1. The Bertz CT molecular complexity index is 968. The number of hydrogen-bond acceptors (Lipinski definition) is 6. The Balaban J connectivity index is 1.49. The minimum atomic E-state index is -0.247. The first-order valence-electron chi connectivity index (χ1n) is 10.7. The number of para-hydroxylation sites is 1. The highest BCUT2D eigenvalue weighted by Crippen LogP contribution is 2.39. The fraction of sp³-hybridized carbons (Fsp3) is 0.417. The van der Waals surface area contributed by atoms with Crippen LogP contribution in [-0.2, 0) is 4.79 Å². The van der Waals surface area contributed by atoms with Gasteiger partial charge in [-0.3, -0.25) is 4.79 Å². The van der Waals surface area contributed by atoms with Gasteiger partial charge < -0.3 is 20.1 Å². The van der Waals surface area contributed by atoms with Gasteiger partial charge in [0.05, 0.1) is 25.7 Å². The lowest BCUT2D eigenvalue weighted by Crippen LogP contribution is -2.40. The van der Waals surface area contributed by atoms with E-state index >= 15 is 0 Å². The lowest BCUT2D eigenvalue weighted by Gasteiger charge is -2.36. The number of nitrogens with one attached hydrogen (secondary N) is 2. The van der Waals surface area contributed by atoms with Crippen LogP contribution in [0.3, 0.4) is 0 Å². The van der Waals surface area contributed by atoms with E-state index in [2.05, 4.69) is 22.8 Å². The van der Waals surface area contributed by atoms with Crippen LogP contribution in [0, 0.1) is 0 Å². The number of carbonyl (C=O) groups is 1. The number of ether oxygens (including phenoxy) is 2. The molecule has 31 heavy (non-hydrogen) atoms. The summed E-state index contributed by atoms with van der Waals surface area (Å²) in [6.07, 6.45) is 6.92. The lowest BCUT2D eigenvalue weighted by atomic mass is 9.97. The summed E-state index contributed by atoms with van der Waals surface area (Å²) in [5, 5.41) is 7.59. The summed E-state index contributed by atoms with van der Waals surface area (Å²) in [6, 6.07) is 13.6. The molecule has 0 saturated heterocycles. The molecule has 1 aliphatic heterocycles. The number of fused-ring (bicyclic) bond motifs is 1. The van der Waals surface area contributed by atoms with Gasteiger partial charge in [0.15, 0.2) is 0 Å². The van der Waals surface area contributed by atoms with E-state index in [1.807, 2.05) is 12.1 Å². The average Bonchev–Trinajstić information content (AvgIpc) is 3.02. The van der Waals surface area contributed by atoms with Crippen LogP contribution in [0.1, 0.15) is 44.1 Å². The molecule has 1 heterocycles. The molecule has 0 unspecified atom stereocenters. The van der Waals surface area contributed by atoms with E-state index in [4.69, 9.17) is 14.5 Å². The van der Waals surface area contributed by atoms with Crippen molar-refractivity contribution in [2.75, 3.05) is 30.6 Å². The maximum Gasteiger partial charge on any atom is 0.234 e. The van der Waals surface area contributed by atoms with E-state index in [1.165, 1.54) is 37.4 Å². The Kier molecular flexibility index (Phi) is 6.70. The molecule has 0 radical (unpaired) electrons. The number of aliphatic imine (C=N–C) groups is 1. The molecular formula is C24H29N3O3S. The second-order valence-electron chi connectivity index (χ2n) is 7.94. The molecule has 1 spiro atoms. The van der Waals surface area contributed by atoms with Gasteiger partial charge in [-0.15, -0.1) is 0 Å². The molecule has 1 aliphatic carbocycles. The normalized spacial score (nSPS) is 17.0. The number of anilines is 2. The number of hydrogen-bond donors (Lipinski definition) is 2. The van der Waals surface area contributed by atoms with Crippen molar-refractivity contribution >= 4 is 34.1 Å². The summed E-state index contributed by atoms with van der Waals surface area (Å²) >= 11 is 1.50. The number of nitrogens with zero attached hydrogens (tertiary/aromatic N) is 1. The zero-order valence-corrected chi connectivity index (χ0v) is 18.9. The van der Waals surface area contributed by atoms with E-state index in [9.17, 15) is 4.79 Å². The van der Waals surface area contributed by atoms with Crippen molar-refractivity contribution in [3.63, 3.8) is 0 Å². The number of rotatable bonds is 5. The zero-order valence-electron chi connectivity index (χ0n) is 18.1. The first-order valence-corrected chi connectivity index (χ1v) is 11.7. The van der Waals surface area contributed by atoms with Crippen molar-refractivity contribution in [3.8, 4) is 11.5 Å². The van der Waals surface area contributed by atoms with E-state index in [1.54, 1.807) is 32.4 Å². The third kappa shape index (κ3) is 4.98. The topological polar surface area (TPSA) is 72.0 Å². The van der Waals surface area contributed by atoms with Gasteiger partial charge in [0.1, 0.15) is 22.2 Å². The minimum absolute atomic E-state index is 0.0953. The second-order valence-corrected chi connectivity index (χ2v) is 8.90. The Morgan fingerprint density at radius 2 is 1.87 bits per heavy atom. The summed E-state index contributed by atoms with van der Waals surface area (Å²) < 4.78 is 10.6. The predicted octanol–water partition coefficient (Wildman–Crippen LogP) is 5.30. The van der Waals surface area contributed by atoms with Crippen molar-refractivity contribution in [2.24, 2.45) is 4.99 Å². The summed E-state index contributed by atoms with van der Waals surface area (Å²) in [7, 11) is 3.17. The molecule has 4 rings (SSSR count). The first kappa shape index (κ1) is 21.6. The third-order valence-electron chi connectivity index (χ3n) is 5.79. The molecular weight excluding hydrogens is 410 g/mol. The van der Waals surface area contributed by atoms with E-state index in [0.717, 1.165) is 29.1 Å². The van der Waals surface area contributed by atoms with Crippen LogP contribution < -0.4 is 20.1 Å². The fourth-order valence-electron chi connectivity index (χ4n) is 4.19. The summed E-state index contributed by atoms with van der Waals surface area (Å²) in [6.45, 7) is 0. The van der Waals surface area contributed by atoms with E-state index in [0.29, 0.717) is 17.2 Å². The van der Waals surface area contributed by atoms with Crippen LogP contribution >= 0.6 is 11.8 Å². The van der Waals surface area contributed by atoms with Gasteiger partial charge in [0.25, 0.3) is 0 Å². The molecule has 0 bridgehead atoms. The van der Waals surface area contributed by atoms with Gasteiger partial charge in [-0.1, -0.05) is 42.8 Å². The molecule has 2 aromatic rings. The predicted molar refractivity (Wildman–Crippen MR) is 128 cm³/mol. The minimum Gasteiger partial charge on any atom is -0.497 e. The number of benzene rings is 2. The molecule has 2 aliphatic rings.